The minimum atomic E-state index is -0.381. The van der Waals surface area contributed by atoms with Crippen LogP contribution in [0.5, 0.6) is 5.75 Å². The van der Waals surface area contributed by atoms with E-state index in [-0.39, 0.29) is 12.6 Å². The highest BCUT2D eigenvalue weighted by atomic mass is 16.6. The predicted octanol–water partition coefficient (Wildman–Crippen LogP) is 2.28. The summed E-state index contributed by atoms with van der Waals surface area (Å²) in [6.07, 6.45) is 0. The summed E-state index contributed by atoms with van der Waals surface area (Å²) in [4.78, 5) is 11.7. The molecule has 0 saturated carbocycles. The smallest absolute Gasteiger partial charge is 0.342 e. The van der Waals surface area contributed by atoms with E-state index in [1.165, 1.54) is 0 Å². The van der Waals surface area contributed by atoms with Crippen molar-refractivity contribution in [3.8, 4) is 5.75 Å². The van der Waals surface area contributed by atoms with Crippen molar-refractivity contribution in [2.24, 2.45) is 0 Å². The molecule has 17 heavy (non-hydrogen) atoms. The van der Waals surface area contributed by atoms with E-state index in [2.05, 4.69) is 0 Å². The molecule has 4 nitrogen and oxygen atoms in total. The number of carbonyl (C=O) groups excluding carboxylic acids is 1. The highest BCUT2D eigenvalue weighted by molar-refractivity contribution is 5.92. The Morgan fingerprint density at radius 1 is 1.12 bits per heavy atom. The Bertz CT molecular complexity index is 349. The molecule has 1 rings (SSSR count). The molecule has 0 heterocycles. The van der Waals surface area contributed by atoms with Crippen molar-refractivity contribution in [2.45, 2.75) is 13.8 Å². The van der Waals surface area contributed by atoms with E-state index >= 15 is 0 Å². The quantitative estimate of drug-likeness (QED) is 0.540. The third-order valence-electron chi connectivity index (χ3n) is 2.07. The molecule has 0 unspecified atom stereocenters. The van der Waals surface area contributed by atoms with Crippen LogP contribution < -0.4 is 4.74 Å². The monoisotopic (exact) mass is 238 g/mol. The summed E-state index contributed by atoms with van der Waals surface area (Å²) in [7, 11) is 0. The van der Waals surface area contributed by atoms with Gasteiger partial charge in [0.1, 0.15) is 17.9 Å². The lowest BCUT2D eigenvalue weighted by Crippen LogP contribution is -2.12. The molecule has 0 aliphatic carbocycles. The van der Waals surface area contributed by atoms with Gasteiger partial charge in [0.05, 0.1) is 13.2 Å². The van der Waals surface area contributed by atoms with Gasteiger partial charge in [-0.15, -0.1) is 0 Å². The zero-order chi connectivity index (χ0) is 12.5. The van der Waals surface area contributed by atoms with Crippen LogP contribution in [0.1, 0.15) is 24.2 Å². The molecule has 0 aliphatic rings. The van der Waals surface area contributed by atoms with Gasteiger partial charge in [-0.1, -0.05) is 12.1 Å². The molecule has 0 spiro atoms. The predicted molar refractivity (Wildman–Crippen MR) is 64.4 cm³/mol. The van der Waals surface area contributed by atoms with Gasteiger partial charge in [-0.25, -0.2) is 4.79 Å². The van der Waals surface area contributed by atoms with Crippen molar-refractivity contribution in [3.63, 3.8) is 0 Å². The lowest BCUT2D eigenvalue weighted by Gasteiger charge is -2.09. The number of rotatable bonds is 7. The van der Waals surface area contributed by atoms with Crippen molar-refractivity contribution >= 4 is 5.97 Å². The molecular weight excluding hydrogens is 220 g/mol. The van der Waals surface area contributed by atoms with Gasteiger partial charge in [0.2, 0.25) is 0 Å². The van der Waals surface area contributed by atoms with Crippen LogP contribution in [-0.4, -0.2) is 32.4 Å². The van der Waals surface area contributed by atoms with Crippen molar-refractivity contribution in [3.05, 3.63) is 29.8 Å². The standard InChI is InChI=1S/C13H18O4/c1-3-15-9-10-17-13(14)11-7-5-6-8-12(11)16-4-2/h5-8H,3-4,9-10H2,1-2H3. The first-order valence-electron chi connectivity index (χ1n) is 5.76. The lowest BCUT2D eigenvalue weighted by atomic mass is 10.2. The van der Waals surface area contributed by atoms with E-state index in [0.29, 0.717) is 31.1 Å². The van der Waals surface area contributed by atoms with Gasteiger partial charge in [-0.2, -0.15) is 0 Å². The largest absolute Gasteiger partial charge is 0.493 e. The van der Waals surface area contributed by atoms with E-state index in [1.54, 1.807) is 18.2 Å². The van der Waals surface area contributed by atoms with Crippen molar-refractivity contribution in [1.82, 2.24) is 0 Å². The minimum Gasteiger partial charge on any atom is -0.493 e. The number of ether oxygens (including phenoxy) is 3. The topological polar surface area (TPSA) is 44.8 Å². The van der Waals surface area contributed by atoms with Crippen LogP contribution in [0.3, 0.4) is 0 Å². The molecule has 0 aliphatic heterocycles. The number of benzene rings is 1. The molecule has 0 bridgehead atoms. The number of para-hydroxylation sites is 1. The fraction of sp³-hybridized carbons (Fsp3) is 0.462. The van der Waals surface area contributed by atoms with E-state index in [1.807, 2.05) is 19.9 Å². The second-order valence-electron chi connectivity index (χ2n) is 3.26. The molecule has 1 aromatic carbocycles. The summed E-state index contributed by atoms with van der Waals surface area (Å²) in [5, 5.41) is 0. The average Bonchev–Trinajstić information content (AvgIpc) is 2.35. The summed E-state index contributed by atoms with van der Waals surface area (Å²) >= 11 is 0. The molecule has 0 amide bonds. The first kappa shape index (κ1) is 13.5. The van der Waals surface area contributed by atoms with Crippen LogP contribution in [0.4, 0.5) is 0 Å². The highest BCUT2D eigenvalue weighted by Gasteiger charge is 2.12. The fourth-order valence-corrected chi connectivity index (χ4v) is 1.33. The Morgan fingerprint density at radius 3 is 2.59 bits per heavy atom. The van der Waals surface area contributed by atoms with E-state index < -0.39 is 0 Å². The summed E-state index contributed by atoms with van der Waals surface area (Å²) < 4.78 is 15.5. The molecule has 1 aromatic rings. The van der Waals surface area contributed by atoms with Gasteiger partial charge >= 0.3 is 5.97 Å². The van der Waals surface area contributed by atoms with Crippen LogP contribution in [0.25, 0.3) is 0 Å². The minimum absolute atomic E-state index is 0.257. The van der Waals surface area contributed by atoms with Crippen LogP contribution in [0, 0.1) is 0 Å². The second kappa shape index (κ2) is 7.68. The van der Waals surface area contributed by atoms with E-state index in [4.69, 9.17) is 14.2 Å². The van der Waals surface area contributed by atoms with Crippen molar-refractivity contribution < 1.29 is 19.0 Å². The normalized spacial score (nSPS) is 10.0. The highest BCUT2D eigenvalue weighted by Crippen LogP contribution is 2.18. The maximum absolute atomic E-state index is 11.7. The Kier molecular flexibility index (Phi) is 6.10. The summed E-state index contributed by atoms with van der Waals surface area (Å²) in [5.41, 5.74) is 0.450. The lowest BCUT2D eigenvalue weighted by molar-refractivity contribution is 0.0332. The second-order valence-corrected chi connectivity index (χ2v) is 3.26. The molecule has 4 heteroatoms. The summed E-state index contributed by atoms with van der Waals surface area (Å²) in [5.74, 6) is 0.171. The molecule has 0 aromatic heterocycles. The van der Waals surface area contributed by atoms with Gasteiger partial charge in [0.25, 0.3) is 0 Å². The average molecular weight is 238 g/mol. The third-order valence-corrected chi connectivity index (χ3v) is 2.07. The van der Waals surface area contributed by atoms with Gasteiger partial charge < -0.3 is 14.2 Å². The molecule has 0 saturated heterocycles. The van der Waals surface area contributed by atoms with Crippen molar-refractivity contribution in [2.75, 3.05) is 26.4 Å². The third kappa shape index (κ3) is 4.44. The number of hydrogen-bond donors (Lipinski definition) is 0. The first-order chi connectivity index (χ1) is 8.29. The van der Waals surface area contributed by atoms with Gasteiger partial charge in [0.15, 0.2) is 0 Å². The molecule has 0 atom stereocenters. The van der Waals surface area contributed by atoms with E-state index in [9.17, 15) is 4.79 Å². The van der Waals surface area contributed by atoms with Crippen LogP contribution in [0.15, 0.2) is 24.3 Å². The molecule has 0 radical (unpaired) electrons. The Morgan fingerprint density at radius 2 is 1.88 bits per heavy atom. The molecule has 0 N–H and O–H groups in total. The molecular formula is C13H18O4. The Hall–Kier alpha value is -1.55. The maximum atomic E-state index is 11.7. The van der Waals surface area contributed by atoms with Gasteiger partial charge in [0, 0.05) is 6.61 Å². The van der Waals surface area contributed by atoms with Crippen LogP contribution >= 0.6 is 0 Å². The number of hydrogen-bond acceptors (Lipinski definition) is 4. The Labute approximate surface area is 101 Å². The summed E-state index contributed by atoms with van der Waals surface area (Å²) in [6, 6.07) is 7.04. The van der Waals surface area contributed by atoms with Gasteiger partial charge in [-0.05, 0) is 26.0 Å². The SMILES string of the molecule is CCOCCOC(=O)c1ccccc1OCC. The number of carbonyl (C=O) groups is 1. The maximum Gasteiger partial charge on any atom is 0.342 e. The molecule has 94 valence electrons. The van der Waals surface area contributed by atoms with E-state index in [0.717, 1.165) is 0 Å². The van der Waals surface area contributed by atoms with Crippen molar-refractivity contribution in [1.29, 1.82) is 0 Å². The zero-order valence-electron chi connectivity index (χ0n) is 10.3. The first-order valence-corrected chi connectivity index (χ1v) is 5.76. The fourth-order valence-electron chi connectivity index (χ4n) is 1.33. The Balaban J connectivity index is 2.55. The number of esters is 1. The van der Waals surface area contributed by atoms with Crippen LogP contribution in [-0.2, 0) is 9.47 Å². The van der Waals surface area contributed by atoms with Crippen LogP contribution in [0.2, 0.25) is 0 Å². The van der Waals surface area contributed by atoms with Gasteiger partial charge in [-0.3, -0.25) is 0 Å². The zero-order valence-corrected chi connectivity index (χ0v) is 10.3. The summed E-state index contributed by atoms with van der Waals surface area (Å²) in [6.45, 7) is 5.58. The molecule has 0 fully saturated rings.